The van der Waals surface area contributed by atoms with Crippen LogP contribution in [0.1, 0.15) is 13.3 Å². The molecule has 0 N–H and O–H groups in total. The molecule has 0 aliphatic heterocycles. The second-order valence-corrected chi connectivity index (χ2v) is 2.79. The molecular formula is C3H7O3S-. The molecule has 0 saturated heterocycles. The maximum atomic E-state index is 9.68. The van der Waals surface area contributed by atoms with Gasteiger partial charge in [-0.1, -0.05) is 6.92 Å². The molecule has 0 aliphatic carbocycles. The normalized spacial score (nSPS) is 11.7. The van der Waals surface area contributed by atoms with Crippen LogP contribution >= 0.6 is 0 Å². The lowest BCUT2D eigenvalue weighted by molar-refractivity contribution is 0.462. The van der Waals surface area contributed by atoms with E-state index in [2.05, 4.69) is 0 Å². The van der Waals surface area contributed by atoms with Crippen molar-refractivity contribution >= 4 is 10.1 Å². The summed E-state index contributed by atoms with van der Waals surface area (Å²) >= 11 is 0. The van der Waals surface area contributed by atoms with Crippen LogP contribution in [0.2, 0.25) is 0 Å². The van der Waals surface area contributed by atoms with E-state index < -0.39 is 10.1 Å². The zero-order chi connectivity index (χ0) is 5.91. The summed E-state index contributed by atoms with van der Waals surface area (Å²) in [5.41, 5.74) is 0. The first-order valence-electron chi connectivity index (χ1n) is 2.00. The molecule has 0 heterocycles. The van der Waals surface area contributed by atoms with Crippen LogP contribution in [0, 0.1) is 0 Å². The predicted molar refractivity (Wildman–Crippen MR) is 24.9 cm³/mol. The summed E-state index contributed by atoms with van der Waals surface area (Å²) in [7, 11) is -3.92. The van der Waals surface area contributed by atoms with Crippen molar-refractivity contribution in [1.82, 2.24) is 0 Å². The first kappa shape index (κ1) is 6.91. The third-order valence-corrected chi connectivity index (χ3v) is 1.36. The Kier molecular flexibility index (Phi) is 2.25. The highest BCUT2D eigenvalue weighted by atomic mass is 32.2. The summed E-state index contributed by atoms with van der Waals surface area (Å²) in [6.45, 7) is 1.65. The highest BCUT2D eigenvalue weighted by molar-refractivity contribution is 7.85. The molecule has 0 unspecified atom stereocenters. The van der Waals surface area contributed by atoms with E-state index in [0.29, 0.717) is 6.42 Å². The van der Waals surface area contributed by atoms with Crippen molar-refractivity contribution in [2.75, 3.05) is 5.75 Å². The Bertz CT molecular complexity index is 123. The Morgan fingerprint density at radius 1 is 1.57 bits per heavy atom. The summed E-state index contributed by atoms with van der Waals surface area (Å²) in [5.74, 6) is -0.243. The molecule has 0 radical (unpaired) electrons. The quantitative estimate of drug-likeness (QED) is 0.483. The average molecular weight is 123 g/mol. The predicted octanol–water partition coefficient (Wildman–Crippen LogP) is -0.0584. The molecule has 44 valence electrons. The van der Waals surface area contributed by atoms with Crippen molar-refractivity contribution in [3.05, 3.63) is 0 Å². The van der Waals surface area contributed by atoms with E-state index >= 15 is 0 Å². The fraction of sp³-hybridized carbons (Fsp3) is 1.00. The molecule has 0 saturated carbocycles. The largest absolute Gasteiger partial charge is 0.748 e. The lowest BCUT2D eigenvalue weighted by Gasteiger charge is -2.00. The van der Waals surface area contributed by atoms with Gasteiger partial charge in [0.15, 0.2) is 0 Å². The molecular weight excluding hydrogens is 116 g/mol. The van der Waals surface area contributed by atoms with E-state index in [0.717, 1.165) is 0 Å². The van der Waals surface area contributed by atoms with Gasteiger partial charge in [0, 0.05) is 5.75 Å². The lowest BCUT2D eigenvalue weighted by atomic mass is 10.6. The molecule has 0 fully saturated rings. The standard InChI is InChI=1S/C3H8O3S/c1-2-3-7(4,5)6/h2-3H2,1H3,(H,4,5,6)/p-1. The summed E-state index contributed by atoms with van der Waals surface area (Å²) in [6, 6.07) is 0. The van der Waals surface area contributed by atoms with Gasteiger partial charge in [-0.15, -0.1) is 0 Å². The first-order chi connectivity index (χ1) is 3.06. The molecule has 4 heteroatoms. The van der Waals surface area contributed by atoms with E-state index in [1.54, 1.807) is 6.92 Å². The third-order valence-electron chi connectivity index (χ3n) is 0.454. The molecule has 0 atom stereocenters. The molecule has 0 aromatic carbocycles. The van der Waals surface area contributed by atoms with E-state index in [1.807, 2.05) is 0 Å². The van der Waals surface area contributed by atoms with Crippen molar-refractivity contribution in [3.8, 4) is 0 Å². The van der Waals surface area contributed by atoms with E-state index in [-0.39, 0.29) is 5.75 Å². The molecule has 0 aromatic heterocycles. The van der Waals surface area contributed by atoms with Gasteiger partial charge in [-0.25, -0.2) is 8.42 Å². The number of hydrogen-bond acceptors (Lipinski definition) is 3. The molecule has 0 aliphatic rings. The molecule has 0 rings (SSSR count). The maximum Gasteiger partial charge on any atom is 0.0945 e. The fourth-order valence-electron chi connectivity index (χ4n) is 0.250. The summed E-state index contributed by atoms with van der Waals surface area (Å²) < 4.78 is 29.0. The van der Waals surface area contributed by atoms with E-state index in [1.165, 1.54) is 0 Å². The zero-order valence-corrected chi connectivity index (χ0v) is 4.86. The van der Waals surface area contributed by atoms with Crippen LogP contribution in [-0.4, -0.2) is 18.7 Å². The van der Waals surface area contributed by atoms with Crippen LogP contribution in [0.15, 0.2) is 0 Å². The second kappa shape index (κ2) is 2.28. The van der Waals surface area contributed by atoms with Crippen LogP contribution in [0.5, 0.6) is 0 Å². The van der Waals surface area contributed by atoms with E-state index in [4.69, 9.17) is 0 Å². The minimum absolute atomic E-state index is 0.243. The van der Waals surface area contributed by atoms with Gasteiger partial charge in [-0.05, 0) is 6.42 Å². The van der Waals surface area contributed by atoms with Crippen LogP contribution in [0.3, 0.4) is 0 Å². The Labute approximate surface area is 43.1 Å². The molecule has 0 amide bonds. The zero-order valence-electron chi connectivity index (χ0n) is 4.05. The smallest absolute Gasteiger partial charge is 0.0945 e. The van der Waals surface area contributed by atoms with Crippen molar-refractivity contribution in [1.29, 1.82) is 0 Å². The van der Waals surface area contributed by atoms with Crippen LogP contribution < -0.4 is 0 Å². The van der Waals surface area contributed by atoms with Crippen molar-refractivity contribution in [2.24, 2.45) is 0 Å². The highest BCUT2D eigenvalue weighted by Gasteiger charge is 1.86. The van der Waals surface area contributed by atoms with Gasteiger partial charge in [0.2, 0.25) is 0 Å². The Hall–Kier alpha value is -0.0900. The average Bonchev–Trinajstić information content (AvgIpc) is 1.30. The number of hydrogen-bond donors (Lipinski definition) is 0. The SMILES string of the molecule is CCCS(=O)(=O)[O-]. The van der Waals surface area contributed by atoms with Gasteiger partial charge < -0.3 is 4.55 Å². The van der Waals surface area contributed by atoms with Gasteiger partial charge in [-0.3, -0.25) is 0 Å². The highest BCUT2D eigenvalue weighted by Crippen LogP contribution is 1.83. The monoisotopic (exact) mass is 123 g/mol. The Morgan fingerprint density at radius 3 is 2.00 bits per heavy atom. The van der Waals surface area contributed by atoms with Gasteiger partial charge in [-0.2, -0.15) is 0 Å². The van der Waals surface area contributed by atoms with Gasteiger partial charge in [0.05, 0.1) is 10.1 Å². The summed E-state index contributed by atoms with van der Waals surface area (Å²) in [5, 5.41) is 0. The minimum atomic E-state index is -3.92. The molecule has 7 heavy (non-hydrogen) atoms. The molecule has 0 bridgehead atoms. The first-order valence-corrected chi connectivity index (χ1v) is 3.57. The Morgan fingerprint density at radius 2 is 2.00 bits per heavy atom. The van der Waals surface area contributed by atoms with E-state index in [9.17, 15) is 13.0 Å². The van der Waals surface area contributed by atoms with Gasteiger partial charge in [0.1, 0.15) is 0 Å². The molecule has 0 spiro atoms. The molecule has 3 nitrogen and oxygen atoms in total. The summed E-state index contributed by atoms with van der Waals surface area (Å²) in [4.78, 5) is 0. The summed E-state index contributed by atoms with van der Waals surface area (Å²) in [6.07, 6.45) is 0.409. The van der Waals surface area contributed by atoms with Gasteiger partial charge >= 0.3 is 0 Å². The van der Waals surface area contributed by atoms with Crippen LogP contribution in [-0.2, 0) is 10.1 Å². The van der Waals surface area contributed by atoms with Crippen molar-refractivity contribution in [3.63, 3.8) is 0 Å². The minimum Gasteiger partial charge on any atom is -0.748 e. The fourth-order valence-corrected chi connectivity index (χ4v) is 0.750. The van der Waals surface area contributed by atoms with Gasteiger partial charge in [0.25, 0.3) is 0 Å². The topological polar surface area (TPSA) is 57.2 Å². The lowest BCUT2D eigenvalue weighted by Crippen LogP contribution is -2.01. The maximum absolute atomic E-state index is 9.68. The van der Waals surface area contributed by atoms with Crippen LogP contribution in [0.25, 0.3) is 0 Å². The van der Waals surface area contributed by atoms with Crippen LogP contribution in [0.4, 0.5) is 0 Å². The van der Waals surface area contributed by atoms with Crippen molar-refractivity contribution < 1.29 is 13.0 Å². The third kappa shape index (κ3) is 5.91. The number of rotatable bonds is 2. The second-order valence-electron chi connectivity index (χ2n) is 1.26. The molecule has 0 aromatic rings. The van der Waals surface area contributed by atoms with Crippen molar-refractivity contribution in [2.45, 2.75) is 13.3 Å². The Balaban J connectivity index is 3.60.